The van der Waals surface area contributed by atoms with Crippen LogP contribution in [-0.2, 0) is 15.0 Å². The molecule has 4 bridgehead atoms. The Morgan fingerprint density at radius 2 is 1.69 bits per heavy atom. The van der Waals surface area contributed by atoms with Crippen LogP contribution < -0.4 is 9.47 Å². The van der Waals surface area contributed by atoms with Crippen molar-refractivity contribution in [3.05, 3.63) is 35.5 Å². The van der Waals surface area contributed by atoms with E-state index in [1.54, 1.807) is 23.5 Å². The van der Waals surface area contributed by atoms with Gasteiger partial charge in [0, 0.05) is 42.5 Å². The van der Waals surface area contributed by atoms with E-state index in [4.69, 9.17) is 14.5 Å². The molecule has 0 unspecified atom stereocenters. The summed E-state index contributed by atoms with van der Waals surface area (Å²) in [5.41, 5.74) is 3.17. The number of nitrogens with zero attached hydrogens (tertiary/aromatic N) is 2. The smallest absolute Gasteiger partial charge is 0.308 e. The standard InChI is InChI=1S/C25H26N2O4S/c1-14(28)30-19-3-4-20(22(8-19)31-15(2)29)21-13-32-24-26-23(12-27(21)24)25-9-16-5-17(10-25)7-18(6-16)11-25/h3-4,8,12-13,16-18H,5-7,9-11H2,1-2H3. The van der Waals surface area contributed by atoms with Crippen LogP contribution in [0, 0.1) is 17.8 Å². The van der Waals surface area contributed by atoms with E-state index in [-0.39, 0.29) is 5.41 Å². The second-order valence-corrected chi connectivity index (χ2v) is 10.8. The summed E-state index contributed by atoms with van der Waals surface area (Å²) in [5, 5.41) is 2.04. The molecule has 2 heterocycles. The monoisotopic (exact) mass is 450 g/mol. The normalized spacial score (nSPS) is 28.2. The number of thiazole rings is 1. The van der Waals surface area contributed by atoms with Crippen molar-refractivity contribution in [1.29, 1.82) is 0 Å². The first kappa shape index (κ1) is 20.0. The molecule has 4 fully saturated rings. The molecule has 1 aromatic carbocycles. The van der Waals surface area contributed by atoms with E-state index in [1.165, 1.54) is 58.1 Å². The largest absolute Gasteiger partial charge is 0.427 e. The molecular formula is C25H26N2O4S. The van der Waals surface area contributed by atoms with Crippen LogP contribution in [0.25, 0.3) is 16.2 Å². The quantitative estimate of drug-likeness (QED) is 0.394. The minimum Gasteiger partial charge on any atom is -0.427 e. The number of ether oxygens (including phenoxy) is 2. The van der Waals surface area contributed by atoms with Crippen LogP contribution in [0.2, 0.25) is 0 Å². The number of hydrogen-bond acceptors (Lipinski definition) is 6. The van der Waals surface area contributed by atoms with Crippen molar-refractivity contribution in [2.45, 2.75) is 57.8 Å². The molecule has 4 aliphatic rings. The molecule has 6 nitrogen and oxygen atoms in total. The van der Waals surface area contributed by atoms with Gasteiger partial charge in [-0.2, -0.15) is 0 Å². The Balaban J connectivity index is 1.41. The van der Waals surface area contributed by atoms with Crippen molar-refractivity contribution in [1.82, 2.24) is 9.38 Å². The maximum Gasteiger partial charge on any atom is 0.308 e. The van der Waals surface area contributed by atoms with E-state index in [2.05, 4.69) is 10.6 Å². The first-order valence-electron chi connectivity index (χ1n) is 11.4. The molecule has 0 radical (unpaired) electrons. The van der Waals surface area contributed by atoms with Gasteiger partial charge in [-0.25, -0.2) is 4.98 Å². The number of carbonyl (C=O) groups is 2. The third kappa shape index (κ3) is 3.25. The van der Waals surface area contributed by atoms with Gasteiger partial charge in [0.05, 0.1) is 11.4 Å². The number of imidazole rings is 1. The summed E-state index contributed by atoms with van der Waals surface area (Å²) in [6, 6.07) is 5.16. The molecule has 2 aromatic heterocycles. The highest BCUT2D eigenvalue weighted by Gasteiger charge is 2.52. The van der Waals surface area contributed by atoms with Crippen LogP contribution in [0.4, 0.5) is 0 Å². The van der Waals surface area contributed by atoms with Crippen LogP contribution in [0.15, 0.2) is 29.8 Å². The van der Waals surface area contributed by atoms with Gasteiger partial charge in [0.15, 0.2) is 4.96 Å². The van der Waals surface area contributed by atoms with Crippen molar-refractivity contribution in [2.75, 3.05) is 0 Å². The first-order valence-corrected chi connectivity index (χ1v) is 12.2. The number of carbonyl (C=O) groups excluding carboxylic acids is 2. The lowest BCUT2D eigenvalue weighted by Crippen LogP contribution is -2.48. The number of benzene rings is 1. The number of aromatic nitrogens is 2. The van der Waals surface area contributed by atoms with Gasteiger partial charge >= 0.3 is 11.9 Å². The van der Waals surface area contributed by atoms with Gasteiger partial charge in [-0.1, -0.05) is 0 Å². The van der Waals surface area contributed by atoms with Crippen LogP contribution in [0.3, 0.4) is 0 Å². The number of esters is 2. The number of rotatable bonds is 4. The van der Waals surface area contributed by atoms with E-state index in [0.29, 0.717) is 11.5 Å². The summed E-state index contributed by atoms with van der Waals surface area (Å²) in [4.78, 5) is 29.2. The van der Waals surface area contributed by atoms with Crippen LogP contribution in [0.1, 0.15) is 58.1 Å². The molecule has 4 saturated carbocycles. The van der Waals surface area contributed by atoms with Gasteiger partial charge in [0.1, 0.15) is 11.5 Å². The van der Waals surface area contributed by atoms with Crippen molar-refractivity contribution < 1.29 is 19.1 Å². The number of hydrogen-bond donors (Lipinski definition) is 0. The Labute approximate surface area is 190 Å². The highest BCUT2D eigenvalue weighted by Crippen LogP contribution is 2.60. The lowest BCUT2D eigenvalue weighted by atomic mass is 9.49. The van der Waals surface area contributed by atoms with Crippen LogP contribution in [0.5, 0.6) is 11.5 Å². The topological polar surface area (TPSA) is 69.9 Å². The zero-order chi connectivity index (χ0) is 22.0. The lowest BCUT2D eigenvalue weighted by molar-refractivity contribution is -0.132. The van der Waals surface area contributed by atoms with Gasteiger partial charge in [0.2, 0.25) is 0 Å². The molecule has 3 aromatic rings. The Hall–Kier alpha value is -2.67. The molecule has 0 aliphatic heterocycles. The maximum absolute atomic E-state index is 11.7. The summed E-state index contributed by atoms with van der Waals surface area (Å²) < 4.78 is 12.8. The summed E-state index contributed by atoms with van der Waals surface area (Å²) >= 11 is 1.60. The van der Waals surface area contributed by atoms with Crippen molar-refractivity contribution in [3.63, 3.8) is 0 Å². The number of fused-ring (bicyclic) bond motifs is 1. The molecule has 166 valence electrons. The Morgan fingerprint density at radius 3 is 2.31 bits per heavy atom. The predicted molar refractivity (Wildman–Crippen MR) is 121 cm³/mol. The third-order valence-electron chi connectivity index (χ3n) is 7.53. The maximum atomic E-state index is 11.7. The van der Waals surface area contributed by atoms with E-state index in [1.807, 2.05) is 11.4 Å². The fourth-order valence-corrected chi connectivity index (χ4v) is 7.71. The molecule has 0 saturated heterocycles. The average Bonchev–Trinajstić information content (AvgIpc) is 3.28. The SMILES string of the molecule is CC(=O)Oc1ccc(-c2csc3nc(C45CC6CC(CC(C6)C4)C5)cn23)c(OC(C)=O)c1. The van der Waals surface area contributed by atoms with Gasteiger partial charge in [0.25, 0.3) is 0 Å². The summed E-state index contributed by atoms with van der Waals surface area (Å²) in [7, 11) is 0. The zero-order valence-electron chi connectivity index (χ0n) is 18.3. The molecule has 7 heteroatoms. The molecule has 32 heavy (non-hydrogen) atoms. The van der Waals surface area contributed by atoms with E-state index in [9.17, 15) is 9.59 Å². The molecule has 7 rings (SSSR count). The second-order valence-electron chi connectivity index (χ2n) is 9.94. The highest BCUT2D eigenvalue weighted by atomic mass is 32.1. The van der Waals surface area contributed by atoms with E-state index in [0.717, 1.165) is 34.0 Å². The van der Waals surface area contributed by atoms with Gasteiger partial charge in [-0.15, -0.1) is 11.3 Å². The van der Waals surface area contributed by atoms with Crippen molar-refractivity contribution >= 4 is 28.2 Å². The zero-order valence-corrected chi connectivity index (χ0v) is 19.1. The fraction of sp³-hybridized carbons (Fsp3) is 0.480. The Kier molecular flexibility index (Phi) is 4.47. The molecule has 0 atom stereocenters. The summed E-state index contributed by atoms with van der Waals surface area (Å²) in [6.07, 6.45) is 10.3. The van der Waals surface area contributed by atoms with Gasteiger partial charge in [-0.05, 0) is 68.4 Å². The summed E-state index contributed by atoms with van der Waals surface area (Å²) in [5.74, 6) is 2.49. The molecular weight excluding hydrogens is 424 g/mol. The first-order chi connectivity index (χ1) is 15.4. The van der Waals surface area contributed by atoms with Crippen LogP contribution >= 0.6 is 11.3 Å². The highest BCUT2D eigenvalue weighted by molar-refractivity contribution is 7.15. The Morgan fingerprint density at radius 1 is 1.03 bits per heavy atom. The minimum absolute atomic E-state index is 0.232. The fourth-order valence-electron chi connectivity index (χ4n) is 6.84. The van der Waals surface area contributed by atoms with Gasteiger partial charge in [-0.3, -0.25) is 14.0 Å². The van der Waals surface area contributed by atoms with Crippen molar-refractivity contribution in [3.8, 4) is 22.8 Å². The van der Waals surface area contributed by atoms with Gasteiger partial charge < -0.3 is 9.47 Å². The molecule has 0 amide bonds. The molecule has 0 N–H and O–H groups in total. The van der Waals surface area contributed by atoms with E-state index < -0.39 is 11.9 Å². The van der Waals surface area contributed by atoms with Crippen molar-refractivity contribution in [2.24, 2.45) is 17.8 Å². The minimum atomic E-state index is -0.419. The predicted octanol–water partition coefficient (Wildman–Crippen LogP) is 5.38. The van der Waals surface area contributed by atoms with Crippen LogP contribution in [-0.4, -0.2) is 21.3 Å². The average molecular weight is 451 g/mol. The van der Waals surface area contributed by atoms with E-state index >= 15 is 0 Å². The second kappa shape index (κ2) is 7.17. The third-order valence-corrected chi connectivity index (χ3v) is 8.37. The Bertz CT molecular complexity index is 1200. The molecule has 4 aliphatic carbocycles. The lowest BCUT2D eigenvalue weighted by Gasteiger charge is -2.56. The summed E-state index contributed by atoms with van der Waals surface area (Å²) in [6.45, 7) is 2.72. The molecule has 0 spiro atoms.